The highest BCUT2D eigenvalue weighted by Gasteiger charge is 2.09. The highest BCUT2D eigenvalue weighted by atomic mass is 79.9. The Morgan fingerprint density at radius 2 is 1.92 bits per heavy atom. The summed E-state index contributed by atoms with van der Waals surface area (Å²) in [6.07, 6.45) is 2.98. The normalized spacial score (nSPS) is 9.96. The molecule has 3 nitrogen and oxygen atoms in total. The Hall–Kier alpha value is -2.20. The maximum atomic E-state index is 9.18. The molecule has 0 fully saturated rings. The van der Waals surface area contributed by atoms with Crippen LogP contribution in [0, 0.1) is 0 Å². The molecule has 3 aromatic rings. The van der Waals surface area contributed by atoms with Gasteiger partial charge in [-0.1, -0.05) is 53.2 Å². The standard InChI is InChI=1S/C17H14BrN.C3H6O2/c1-2-12-11-19-16-9-4-3-8-15(16)17(12)13-6-5-7-14(18)10-13;1-2-5-3-4/h3-11H,2H2,1H3;3H,2H2,1H3. The van der Waals surface area contributed by atoms with Crippen LogP contribution in [0.1, 0.15) is 19.4 Å². The van der Waals surface area contributed by atoms with Gasteiger partial charge in [-0.3, -0.25) is 9.78 Å². The van der Waals surface area contributed by atoms with Gasteiger partial charge in [-0.2, -0.15) is 0 Å². The number of rotatable bonds is 4. The van der Waals surface area contributed by atoms with Crippen LogP contribution in [-0.2, 0) is 16.0 Å². The molecule has 0 saturated carbocycles. The van der Waals surface area contributed by atoms with Gasteiger partial charge in [-0.15, -0.1) is 0 Å². The molecule has 0 aliphatic heterocycles. The van der Waals surface area contributed by atoms with Crippen molar-refractivity contribution in [2.75, 3.05) is 6.61 Å². The van der Waals surface area contributed by atoms with Gasteiger partial charge in [0.1, 0.15) is 0 Å². The number of hydrogen-bond donors (Lipinski definition) is 0. The quantitative estimate of drug-likeness (QED) is 0.563. The number of aromatic nitrogens is 1. The van der Waals surface area contributed by atoms with E-state index < -0.39 is 0 Å². The molecule has 0 saturated heterocycles. The molecule has 0 unspecified atom stereocenters. The molecule has 1 aromatic heterocycles. The lowest BCUT2D eigenvalue weighted by Gasteiger charge is -2.12. The minimum absolute atomic E-state index is 0.431. The summed E-state index contributed by atoms with van der Waals surface area (Å²) in [5.74, 6) is 0. The summed E-state index contributed by atoms with van der Waals surface area (Å²) >= 11 is 3.55. The van der Waals surface area contributed by atoms with Crippen molar-refractivity contribution in [2.24, 2.45) is 0 Å². The third kappa shape index (κ3) is 4.42. The third-order valence-electron chi connectivity index (χ3n) is 3.58. The Bertz CT molecular complexity index is 818. The molecule has 0 aliphatic rings. The molecule has 124 valence electrons. The minimum atomic E-state index is 0.431. The van der Waals surface area contributed by atoms with Crippen LogP contribution in [-0.4, -0.2) is 18.1 Å². The number of hydrogen-bond acceptors (Lipinski definition) is 3. The molecule has 0 N–H and O–H groups in total. The summed E-state index contributed by atoms with van der Waals surface area (Å²) in [5, 5.41) is 1.22. The van der Waals surface area contributed by atoms with Crippen molar-refractivity contribution < 1.29 is 9.53 Å². The van der Waals surface area contributed by atoms with Crippen molar-refractivity contribution in [3.05, 3.63) is 64.8 Å². The van der Waals surface area contributed by atoms with E-state index in [0.29, 0.717) is 13.1 Å². The number of halogens is 1. The largest absolute Gasteiger partial charge is 0.468 e. The molecule has 2 aromatic carbocycles. The predicted octanol–water partition coefficient (Wildman–Crippen LogP) is 5.41. The topological polar surface area (TPSA) is 39.2 Å². The number of aryl methyl sites for hydroxylation is 1. The molecule has 1 heterocycles. The number of benzene rings is 2. The zero-order valence-electron chi connectivity index (χ0n) is 13.8. The molecule has 4 heteroatoms. The van der Waals surface area contributed by atoms with E-state index in [4.69, 9.17) is 0 Å². The van der Waals surface area contributed by atoms with Gasteiger partial charge in [0.2, 0.25) is 0 Å². The second-order valence-electron chi connectivity index (χ2n) is 5.09. The lowest BCUT2D eigenvalue weighted by molar-refractivity contribution is -0.128. The molecule has 0 aliphatic carbocycles. The van der Waals surface area contributed by atoms with Gasteiger partial charge < -0.3 is 4.74 Å². The molecule has 0 atom stereocenters. The summed E-state index contributed by atoms with van der Waals surface area (Å²) < 4.78 is 5.26. The van der Waals surface area contributed by atoms with Crippen LogP contribution in [0.15, 0.2) is 59.2 Å². The maximum absolute atomic E-state index is 9.18. The monoisotopic (exact) mass is 385 g/mol. The summed E-state index contributed by atoms with van der Waals surface area (Å²) in [6, 6.07) is 16.8. The SMILES string of the molecule is CCOC=O.CCc1cnc2ccccc2c1-c1cccc(Br)c1. The van der Waals surface area contributed by atoms with Crippen LogP contribution in [0.25, 0.3) is 22.0 Å². The summed E-state index contributed by atoms with van der Waals surface area (Å²) in [6.45, 7) is 4.84. The molecule has 0 bridgehead atoms. The van der Waals surface area contributed by atoms with E-state index in [-0.39, 0.29) is 0 Å². The Labute approximate surface area is 150 Å². The molecule has 24 heavy (non-hydrogen) atoms. The van der Waals surface area contributed by atoms with Crippen LogP contribution < -0.4 is 0 Å². The van der Waals surface area contributed by atoms with Gasteiger partial charge >= 0.3 is 0 Å². The number of fused-ring (bicyclic) bond motifs is 1. The molecular weight excluding hydrogens is 366 g/mol. The number of ether oxygens (including phenoxy) is 1. The number of pyridine rings is 1. The number of para-hydroxylation sites is 1. The first-order chi connectivity index (χ1) is 11.7. The second-order valence-corrected chi connectivity index (χ2v) is 6.01. The van der Waals surface area contributed by atoms with Crippen molar-refractivity contribution in [2.45, 2.75) is 20.3 Å². The van der Waals surface area contributed by atoms with E-state index in [2.05, 4.69) is 75.0 Å². The Kier molecular flexibility index (Phi) is 6.94. The highest BCUT2D eigenvalue weighted by Crippen LogP contribution is 2.32. The molecule has 3 rings (SSSR count). The van der Waals surface area contributed by atoms with Crippen LogP contribution in [0.4, 0.5) is 0 Å². The third-order valence-corrected chi connectivity index (χ3v) is 4.08. The van der Waals surface area contributed by atoms with Gasteiger partial charge in [0.15, 0.2) is 0 Å². The predicted molar refractivity (Wildman–Crippen MR) is 102 cm³/mol. The maximum Gasteiger partial charge on any atom is 0.293 e. The number of carbonyl (C=O) groups excluding carboxylic acids is 1. The van der Waals surface area contributed by atoms with Crippen LogP contribution in [0.2, 0.25) is 0 Å². The minimum Gasteiger partial charge on any atom is -0.468 e. The van der Waals surface area contributed by atoms with E-state index in [9.17, 15) is 4.79 Å². The zero-order chi connectivity index (χ0) is 17.4. The van der Waals surface area contributed by atoms with E-state index >= 15 is 0 Å². The first-order valence-corrected chi connectivity index (χ1v) is 8.68. The molecular formula is C20H20BrNO2. The lowest BCUT2D eigenvalue weighted by atomic mass is 9.95. The summed E-state index contributed by atoms with van der Waals surface area (Å²) in [5.41, 5.74) is 4.88. The van der Waals surface area contributed by atoms with Gasteiger partial charge in [0, 0.05) is 16.1 Å². The van der Waals surface area contributed by atoms with E-state index in [0.717, 1.165) is 16.4 Å². The van der Waals surface area contributed by atoms with Crippen LogP contribution in [0.5, 0.6) is 0 Å². The van der Waals surface area contributed by atoms with Gasteiger partial charge in [-0.05, 0) is 48.2 Å². The first-order valence-electron chi connectivity index (χ1n) is 7.89. The van der Waals surface area contributed by atoms with Crippen LogP contribution >= 0.6 is 15.9 Å². The summed E-state index contributed by atoms with van der Waals surface area (Å²) in [4.78, 5) is 13.7. The van der Waals surface area contributed by atoms with Gasteiger partial charge in [-0.25, -0.2) is 0 Å². The Morgan fingerprint density at radius 3 is 2.54 bits per heavy atom. The number of nitrogens with zero attached hydrogens (tertiary/aromatic N) is 1. The average molecular weight is 386 g/mol. The first kappa shape index (κ1) is 18.1. The average Bonchev–Trinajstić information content (AvgIpc) is 2.62. The Morgan fingerprint density at radius 1 is 1.12 bits per heavy atom. The molecule has 0 amide bonds. The van der Waals surface area contributed by atoms with E-state index in [1.165, 1.54) is 22.1 Å². The van der Waals surface area contributed by atoms with Crippen molar-refractivity contribution in [3.8, 4) is 11.1 Å². The fourth-order valence-corrected chi connectivity index (χ4v) is 2.90. The summed E-state index contributed by atoms with van der Waals surface area (Å²) in [7, 11) is 0. The van der Waals surface area contributed by atoms with Crippen molar-refractivity contribution in [3.63, 3.8) is 0 Å². The van der Waals surface area contributed by atoms with Gasteiger partial charge in [0.05, 0.1) is 12.1 Å². The molecule has 0 spiro atoms. The van der Waals surface area contributed by atoms with Crippen molar-refractivity contribution in [1.29, 1.82) is 0 Å². The fraction of sp³-hybridized carbons (Fsp3) is 0.200. The van der Waals surface area contributed by atoms with Crippen molar-refractivity contribution in [1.82, 2.24) is 4.98 Å². The highest BCUT2D eigenvalue weighted by molar-refractivity contribution is 9.10. The lowest BCUT2D eigenvalue weighted by Crippen LogP contribution is -1.92. The van der Waals surface area contributed by atoms with E-state index in [1.807, 2.05) is 12.3 Å². The zero-order valence-corrected chi connectivity index (χ0v) is 15.4. The van der Waals surface area contributed by atoms with Crippen molar-refractivity contribution >= 4 is 33.3 Å². The smallest absolute Gasteiger partial charge is 0.293 e. The Balaban J connectivity index is 0.000000368. The van der Waals surface area contributed by atoms with Crippen LogP contribution in [0.3, 0.4) is 0 Å². The van der Waals surface area contributed by atoms with E-state index in [1.54, 1.807) is 6.92 Å². The second kappa shape index (κ2) is 9.18. The fourth-order valence-electron chi connectivity index (χ4n) is 2.50. The molecule has 0 radical (unpaired) electrons. The van der Waals surface area contributed by atoms with Gasteiger partial charge in [0.25, 0.3) is 6.47 Å². The number of carbonyl (C=O) groups is 1.